The monoisotopic (exact) mass is 445 g/mol. The maximum Gasteiger partial charge on any atom is 0.417 e. The van der Waals surface area contributed by atoms with E-state index in [4.69, 9.17) is 4.74 Å². The number of nitrogens with zero attached hydrogens (tertiary/aromatic N) is 2. The van der Waals surface area contributed by atoms with E-state index in [-0.39, 0.29) is 18.2 Å². The highest BCUT2D eigenvalue weighted by Gasteiger charge is 2.33. The maximum absolute atomic E-state index is 12.7. The summed E-state index contributed by atoms with van der Waals surface area (Å²) in [6, 6.07) is 4.42. The van der Waals surface area contributed by atoms with Crippen LogP contribution < -0.4 is 15.7 Å². The topological polar surface area (TPSA) is 46.5 Å². The number of hydrogen-bond donors (Lipinski definition) is 1. The SMILES string of the molecule is CC1=C2C=C(n3ccc(OCc4cc(C(F)(F)F)cs4)cc3=O)C=CC2NN1C1C=C1. The third kappa shape index (κ3) is 3.86. The zero-order valence-electron chi connectivity index (χ0n) is 16.4. The van der Waals surface area contributed by atoms with E-state index in [0.29, 0.717) is 16.7 Å². The summed E-state index contributed by atoms with van der Waals surface area (Å²) >= 11 is 0.975. The van der Waals surface area contributed by atoms with E-state index in [2.05, 4.69) is 22.6 Å². The molecule has 1 N–H and O–H groups in total. The van der Waals surface area contributed by atoms with Gasteiger partial charge in [0.1, 0.15) is 12.4 Å². The number of pyridine rings is 1. The van der Waals surface area contributed by atoms with Gasteiger partial charge in [0.05, 0.1) is 17.6 Å². The first-order valence-electron chi connectivity index (χ1n) is 9.64. The summed E-state index contributed by atoms with van der Waals surface area (Å²) in [5, 5.41) is 3.17. The molecule has 0 spiro atoms. The molecule has 0 aromatic carbocycles. The molecule has 0 amide bonds. The molecular weight excluding hydrogens is 427 g/mol. The van der Waals surface area contributed by atoms with Crippen LogP contribution in [0.5, 0.6) is 5.75 Å². The standard InChI is InChI=1S/C22H18F3N3O2S/c1-13-19-9-16(4-5-20(19)26-28(13)15-2-3-15)27-7-6-17(10-21(27)29)30-11-18-8-14(12-31-18)22(23,24)25/h2-10,12,15,20,26H,11H2,1H3. The Labute approximate surface area is 180 Å². The van der Waals surface area contributed by atoms with Gasteiger partial charge in [-0.25, -0.2) is 5.43 Å². The molecule has 5 nitrogen and oxygen atoms in total. The molecule has 0 saturated heterocycles. The molecule has 3 heterocycles. The van der Waals surface area contributed by atoms with Crippen LogP contribution >= 0.6 is 11.3 Å². The van der Waals surface area contributed by atoms with Gasteiger partial charge in [0.2, 0.25) is 0 Å². The number of hydrazine groups is 1. The molecule has 1 unspecified atom stereocenters. The van der Waals surface area contributed by atoms with E-state index < -0.39 is 11.7 Å². The third-order valence-corrected chi connectivity index (χ3v) is 6.26. The summed E-state index contributed by atoms with van der Waals surface area (Å²) in [7, 11) is 0. The molecule has 1 atom stereocenters. The lowest BCUT2D eigenvalue weighted by Gasteiger charge is -2.21. The van der Waals surface area contributed by atoms with Gasteiger partial charge in [0, 0.05) is 33.9 Å². The molecule has 0 radical (unpaired) electrons. The van der Waals surface area contributed by atoms with E-state index in [9.17, 15) is 18.0 Å². The molecule has 0 fully saturated rings. The van der Waals surface area contributed by atoms with Crippen molar-refractivity contribution in [3.05, 3.63) is 92.2 Å². The Kier molecular flexibility index (Phi) is 4.67. The fourth-order valence-electron chi connectivity index (χ4n) is 3.63. The highest BCUT2D eigenvalue weighted by molar-refractivity contribution is 7.10. The number of halogens is 3. The van der Waals surface area contributed by atoms with Crippen LogP contribution in [0.3, 0.4) is 0 Å². The average Bonchev–Trinajstić information content (AvgIpc) is 3.35. The van der Waals surface area contributed by atoms with Gasteiger partial charge in [0.15, 0.2) is 0 Å². The Morgan fingerprint density at radius 2 is 2.03 bits per heavy atom. The normalized spacial score (nSPS) is 20.3. The third-order valence-electron chi connectivity index (χ3n) is 5.35. The average molecular weight is 445 g/mol. The molecule has 1 aliphatic heterocycles. The summed E-state index contributed by atoms with van der Waals surface area (Å²) in [4.78, 5) is 13.1. The zero-order valence-corrected chi connectivity index (χ0v) is 17.2. The molecule has 2 aliphatic carbocycles. The second-order valence-corrected chi connectivity index (χ2v) is 8.48. The zero-order chi connectivity index (χ0) is 21.8. The molecule has 3 aliphatic rings. The molecular formula is C22H18F3N3O2S. The molecule has 2 aromatic heterocycles. The fraction of sp³-hybridized carbons (Fsp3) is 0.227. The molecule has 9 heteroatoms. The molecule has 2 aromatic rings. The lowest BCUT2D eigenvalue weighted by Crippen LogP contribution is -2.38. The van der Waals surface area contributed by atoms with Crippen molar-refractivity contribution < 1.29 is 17.9 Å². The van der Waals surface area contributed by atoms with E-state index >= 15 is 0 Å². The van der Waals surface area contributed by atoms with Gasteiger partial charge in [-0.1, -0.05) is 18.2 Å². The predicted octanol–water partition coefficient (Wildman–Crippen LogP) is 4.32. The molecule has 0 bridgehead atoms. The van der Waals surface area contributed by atoms with Gasteiger partial charge < -0.3 is 9.75 Å². The Morgan fingerprint density at radius 3 is 2.71 bits per heavy atom. The van der Waals surface area contributed by atoms with Crippen LogP contribution in [0.1, 0.15) is 17.4 Å². The van der Waals surface area contributed by atoms with Gasteiger partial charge in [0.25, 0.3) is 5.56 Å². The lowest BCUT2D eigenvalue weighted by atomic mass is 10.0. The number of aromatic nitrogens is 1. The van der Waals surface area contributed by atoms with Gasteiger partial charge in [-0.15, -0.1) is 11.3 Å². The van der Waals surface area contributed by atoms with Gasteiger partial charge in [-0.3, -0.25) is 9.36 Å². The van der Waals surface area contributed by atoms with Gasteiger partial charge in [-0.2, -0.15) is 13.2 Å². The molecule has 31 heavy (non-hydrogen) atoms. The first-order chi connectivity index (χ1) is 14.8. The highest BCUT2D eigenvalue weighted by atomic mass is 32.1. The van der Waals surface area contributed by atoms with E-state index in [0.717, 1.165) is 39.8 Å². The van der Waals surface area contributed by atoms with Crippen molar-refractivity contribution >= 4 is 17.0 Å². The van der Waals surface area contributed by atoms with Crippen LogP contribution in [0.25, 0.3) is 5.70 Å². The van der Waals surface area contributed by atoms with Crippen molar-refractivity contribution in [2.45, 2.75) is 31.8 Å². The number of thiophene rings is 1. The first kappa shape index (κ1) is 19.9. The summed E-state index contributed by atoms with van der Waals surface area (Å²) in [5.74, 6) is 0.311. The Balaban J connectivity index is 1.31. The van der Waals surface area contributed by atoms with Crippen LogP contribution in [0.15, 0.2) is 76.2 Å². The minimum absolute atomic E-state index is 0.0305. The number of hydrogen-bond acceptors (Lipinski definition) is 5. The van der Waals surface area contributed by atoms with Gasteiger partial charge >= 0.3 is 6.18 Å². The molecule has 160 valence electrons. The number of fused-ring (bicyclic) bond motifs is 1. The van der Waals surface area contributed by atoms with Gasteiger partial charge in [-0.05, 0) is 36.8 Å². The summed E-state index contributed by atoms with van der Waals surface area (Å²) in [5.41, 5.74) is 5.42. The van der Waals surface area contributed by atoms with Crippen molar-refractivity contribution in [2.75, 3.05) is 0 Å². The number of allylic oxidation sites excluding steroid dienone is 3. The van der Waals surface area contributed by atoms with Crippen molar-refractivity contribution in [3.8, 4) is 5.75 Å². The van der Waals surface area contributed by atoms with Crippen LogP contribution in [0.2, 0.25) is 0 Å². The van der Waals surface area contributed by atoms with E-state index in [1.54, 1.807) is 12.3 Å². The van der Waals surface area contributed by atoms with Crippen LogP contribution in [-0.4, -0.2) is 21.7 Å². The minimum atomic E-state index is -4.37. The predicted molar refractivity (Wildman–Crippen MR) is 112 cm³/mol. The van der Waals surface area contributed by atoms with Crippen molar-refractivity contribution in [3.63, 3.8) is 0 Å². The second-order valence-electron chi connectivity index (χ2n) is 7.48. The number of alkyl halides is 3. The minimum Gasteiger partial charge on any atom is -0.488 e. The van der Waals surface area contributed by atoms with E-state index in [1.165, 1.54) is 10.6 Å². The van der Waals surface area contributed by atoms with Crippen LogP contribution in [-0.2, 0) is 12.8 Å². The Bertz CT molecular complexity index is 1210. The highest BCUT2D eigenvalue weighted by Crippen LogP contribution is 2.34. The largest absolute Gasteiger partial charge is 0.488 e. The number of nitrogens with one attached hydrogen (secondary N) is 1. The Morgan fingerprint density at radius 1 is 1.23 bits per heavy atom. The summed E-state index contributed by atoms with van der Waals surface area (Å²) in [6.45, 7) is 2.02. The smallest absolute Gasteiger partial charge is 0.417 e. The summed E-state index contributed by atoms with van der Waals surface area (Å²) in [6.07, 6.45) is 7.35. The van der Waals surface area contributed by atoms with Crippen LogP contribution in [0.4, 0.5) is 13.2 Å². The quantitative estimate of drug-likeness (QED) is 0.697. The van der Waals surface area contributed by atoms with Crippen molar-refractivity contribution in [1.82, 2.24) is 15.0 Å². The summed E-state index contributed by atoms with van der Waals surface area (Å²) < 4.78 is 45.2. The fourth-order valence-corrected chi connectivity index (χ4v) is 4.43. The molecule has 5 rings (SSSR count). The number of rotatable bonds is 5. The van der Waals surface area contributed by atoms with Crippen molar-refractivity contribution in [2.24, 2.45) is 0 Å². The molecule has 0 saturated carbocycles. The van der Waals surface area contributed by atoms with Crippen LogP contribution in [0, 0.1) is 0 Å². The maximum atomic E-state index is 12.7. The Hall–Kier alpha value is -3.04. The lowest BCUT2D eigenvalue weighted by molar-refractivity contribution is -0.137. The number of ether oxygens (including phenoxy) is 1. The van der Waals surface area contributed by atoms with E-state index in [1.807, 2.05) is 25.2 Å². The first-order valence-corrected chi connectivity index (χ1v) is 10.5. The second kappa shape index (κ2) is 7.28. The van der Waals surface area contributed by atoms with Crippen molar-refractivity contribution in [1.29, 1.82) is 0 Å².